The highest BCUT2D eigenvalue weighted by atomic mass is 35.5. The van der Waals surface area contributed by atoms with Gasteiger partial charge in [-0.15, -0.1) is 24.8 Å². The number of nitrogens with one attached hydrogen (secondary N) is 1. The summed E-state index contributed by atoms with van der Waals surface area (Å²) in [5.41, 5.74) is 3.43. The highest BCUT2D eigenvalue weighted by Crippen LogP contribution is 2.21. The van der Waals surface area contributed by atoms with Gasteiger partial charge in [-0.3, -0.25) is 4.79 Å². The number of carbonyl (C=O) groups excluding carboxylic acids is 1. The lowest BCUT2D eigenvalue weighted by atomic mass is 10.0. The summed E-state index contributed by atoms with van der Waals surface area (Å²) in [6.45, 7) is 7.33. The minimum absolute atomic E-state index is 0. The van der Waals surface area contributed by atoms with E-state index in [1.54, 1.807) is 0 Å². The van der Waals surface area contributed by atoms with E-state index in [1.165, 1.54) is 11.1 Å². The Kier molecular flexibility index (Phi) is 7.81. The van der Waals surface area contributed by atoms with Crippen LogP contribution in [0.15, 0.2) is 18.2 Å². The number of likely N-dealkylation sites (tertiary alicyclic amines) is 1. The van der Waals surface area contributed by atoms with Gasteiger partial charge < -0.3 is 15.1 Å². The van der Waals surface area contributed by atoms with Crippen molar-refractivity contribution >= 4 is 30.7 Å². The maximum atomic E-state index is 12.7. The molecule has 3 rings (SSSR count). The molecule has 0 bridgehead atoms. The number of amides is 1. The molecule has 0 unspecified atom stereocenters. The van der Waals surface area contributed by atoms with Gasteiger partial charge in [0, 0.05) is 44.8 Å². The van der Waals surface area contributed by atoms with Crippen LogP contribution >= 0.6 is 24.8 Å². The van der Waals surface area contributed by atoms with Crippen LogP contribution in [0.25, 0.3) is 0 Å². The SMILES string of the molecule is CCN1CCC(N(C)C(=O)c2ccc3c(c2)CNC3)CC1.Cl.Cl. The van der Waals surface area contributed by atoms with Gasteiger partial charge in [-0.05, 0) is 42.6 Å². The van der Waals surface area contributed by atoms with E-state index in [0.717, 1.165) is 51.1 Å². The molecule has 23 heavy (non-hydrogen) atoms. The van der Waals surface area contributed by atoms with Crippen molar-refractivity contribution in [2.24, 2.45) is 0 Å². The first-order valence-electron chi connectivity index (χ1n) is 8.01. The van der Waals surface area contributed by atoms with E-state index in [-0.39, 0.29) is 30.7 Å². The fourth-order valence-electron chi connectivity index (χ4n) is 3.42. The van der Waals surface area contributed by atoms with E-state index in [1.807, 2.05) is 18.0 Å². The predicted molar refractivity (Wildman–Crippen MR) is 98.7 cm³/mol. The van der Waals surface area contributed by atoms with Crippen LogP contribution < -0.4 is 5.32 Å². The maximum absolute atomic E-state index is 12.7. The Hall–Kier alpha value is -0.810. The van der Waals surface area contributed by atoms with Gasteiger partial charge in [0.1, 0.15) is 0 Å². The maximum Gasteiger partial charge on any atom is 0.253 e. The van der Waals surface area contributed by atoms with Crippen LogP contribution in [0, 0.1) is 0 Å². The van der Waals surface area contributed by atoms with Crippen molar-refractivity contribution in [3.63, 3.8) is 0 Å². The largest absolute Gasteiger partial charge is 0.339 e. The molecule has 0 aromatic heterocycles. The fourth-order valence-corrected chi connectivity index (χ4v) is 3.42. The zero-order valence-electron chi connectivity index (χ0n) is 13.9. The molecule has 1 saturated heterocycles. The van der Waals surface area contributed by atoms with Crippen LogP contribution in [0.4, 0.5) is 0 Å². The molecule has 1 fully saturated rings. The van der Waals surface area contributed by atoms with E-state index in [4.69, 9.17) is 0 Å². The summed E-state index contributed by atoms with van der Waals surface area (Å²) in [5, 5.41) is 3.33. The van der Waals surface area contributed by atoms with E-state index < -0.39 is 0 Å². The monoisotopic (exact) mass is 359 g/mol. The summed E-state index contributed by atoms with van der Waals surface area (Å²) < 4.78 is 0. The fraction of sp³-hybridized carbons (Fsp3) is 0.588. The number of benzene rings is 1. The van der Waals surface area contributed by atoms with Crippen LogP contribution in [-0.4, -0.2) is 48.4 Å². The van der Waals surface area contributed by atoms with Gasteiger partial charge in [0.2, 0.25) is 0 Å². The van der Waals surface area contributed by atoms with Gasteiger partial charge >= 0.3 is 0 Å². The van der Waals surface area contributed by atoms with Crippen LogP contribution in [0.5, 0.6) is 0 Å². The lowest BCUT2D eigenvalue weighted by molar-refractivity contribution is 0.0647. The molecule has 0 spiro atoms. The molecular weight excluding hydrogens is 333 g/mol. The summed E-state index contributed by atoms with van der Waals surface area (Å²) in [6, 6.07) is 6.52. The van der Waals surface area contributed by atoms with Gasteiger partial charge in [0.25, 0.3) is 5.91 Å². The second-order valence-corrected chi connectivity index (χ2v) is 6.17. The first-order valence-corrected chi connectivity index (χ1v) is 8.01. The van der Waals surface area contributed by atoms with E-state index in [9.17, 15) is 4.79 Å². The van der Waals surface area contributed by atoms with Gasteiger partial charge in [-0.1, -0.05) is 13.0 Å². The molecule has 0 radical (unpaired) electrons. The number of rotatable bonds is 3. The molecular formula is C17H27Cl2N3O. The first-order chi connectivity index (χ1) is 10.2. The molecule has 2 aliphatic heterocycles. The molecule has 1 N–H and O–H groups in total. The lowest BCUT2D eigenvalue weighted by Gasteiger charge is -2.36. The summed E-state index contributed by atoms with van der Waals surface area (Å²) in [7, 11) is 1.96. The summed E-state index contributed by atoms with van der Waals surface area (Å²) >= 11 is 0. The molecule has 4 nitrogen and oxygen atoms in total. The van der Waals surface area contributed by atoms with Crippen molar-refractivity contribution in [1.82, 2.24) is 15.1 Å². The average molecular weight is 360 g/mol. The number of fused-ring (bicyclic) bond motifs is 1. The Bertz CT molecular complexity index is 531. The third-order valence-electron chi connectivity index (χ3n) is 4.96. The summed E-state index contributed by atoms with van der Waals surface area (Å²) in [6.07, 6.45) is 2.17. The number of halogens is 2. The first kappa shape index (κ1) is 20.2. The highest BCUT2D eigenvalue weighted by molar-refractivity contribution is 5.94. The molecule has 6 heteroatoms. The molecule has 1 aromatic rings. The number of piperidine rings is 1. The molecule has 0 aliphatic carbocycles. The predicted octanol–water partition coefficient (Wildman–Crippen LogP) is 2.69. The smallest absolute Gasteiger partial charge is 0.253 e. The molecule has 1 amide bonds. The quantitative estimate of drug-likeness (QED) is 0.900. The molecule has 2 aliphatic rings. The third kappa shape index (κ3) is 4.38. The number of hydrogen-bond donors (Lipinski definition) is 1. The van der Waals surface area contributed by atoms with Crippen LogP contribution in [-0.2, 0) is 13.1 Å². The number of carbonyl (C=O) groups is 1. The molecule has 130 valence electrons. The van der Waals surface area contributed by atoms with Gasteiger partial charge in [0.05, 0.1) is 0 Å². The Morgan fingerprint density at radius 1 is 1.22 bits per heavy atom. The van der Waals surface area contributed by atoms with Crippen molar-refractivity contribution in [3.05, 3.63) is 34.9 Å². The Labute approximate surface area is 151 Å². The van der Waals surface area contributed by atoms with Gasteiger partial charge in [0.15, 0.2) is 0 Å². The topological polar surface area (TPSA) is 35.6 Å². The Morgan fingerprint density at radius 2 is 1.87 bits per heavy atom. The Morgan fingerprint density at radius 3 is 2.52 bits per heavy atom. The molecule has 0 saturated carbocycles. The minimum atomic E-state index is 0. The average Bonchev–Trinajstić information content (AvgIpc) is 3.01. The van der Waals surface area contributed by atoms with E-state index >= 15 is 0 Å². The molecule has 2 heterocycles. The standard InChI is InChI=1S/C17H25N3O.2ClH/c1-3-20-8-6-16(7-9-20)19(2)17(21)13-4-5-14-11-18-12-15(14)10-13;;/h4-5,10,16,18H,3,6-9,11-12H2,1-2H3;2*1H. The van der Waals surface area contributed by atoms with Crippen LogP contribution in [0.1, 0.15) is 41.3 Å². The van der Waals surface area contributed by atoms with Gasteiger partial charge in [-0.25, -0.2) is 0 Å². The highest BCUT2D eigenvalue weighted by Gasteiger charge is 2.26. The van der Waals surface area contributed by atoms with Crippen molar-refractivity contribution in [2.45, 2.75) is 38.9 Å². The zero-order valence-corrected chi connectivity index (χ0v) is 15.5. The second-order valence-electron chi connectivity index (χ2n) is 6.17. The summed E-state index contributed by atoms with van der Waals surface area (Å²) in [4.78, 5) is 17.1. The van der Waals surface area contributed by atoms with Crippen molar-refractivity contribution in [3.8, 4) is 0 Å². The zero-order chi connectivity index (χ0) is 14.8. The minimum Gasteiger partial charge on any atom is -0.339 e. The van der Waals surface area contributed by atoms with Crippen molar-refractivity contribution < 1.29 is 4.79 Å². The second kappa shape index (κ2) is 8.88. The molecule has 1 aromatic carbocycles. The van der Waals surface area contributed by atoms with E-state index in [0.29, 0.717) is 6.04 Å². The third-order valence-corrected chi connectivity index (χ3v) is 4.96. The van der Waals surface area contributed by atoms with Crippen molar-refractivity contribution in [1.29, 1.82) is 0 Å². The van der Waals surface area contributed by atoms with Crippen molar-refractivity contribution in [2.75, 3.05) is 26.7 Å². The Balaban J connectivity index is 0.00000132. The summed E-state index contributed by atoms with van der Waals surface area (Å²) in [5.74, 6) is 0.166. The number of hydrogen-bond acceptors (Lipinski definition) is 3. The van der Waals surface area contributed by atoms with Crippen LogP contribution in [0.3, 0.4) is 0 Å². The van der Waals surface area contributed by atoms with Crippen LogP contribution in [0.2, 0.25) is 0 Å². The lowest BCUT2D eigenvalue weighted by Crippen LogP contribution is -2.45. The normalized spacial score (nSPS) is 17.8. The number of nitrogens with zero attached hydrogens (tertiary/aromatic N) is 2. The molecule has 0 atom stereocenters. The van der Waals surface area contributed by atoms with E-state index in [2.05, 4.69) is 29.3 Å². The van der Waals surface area contributed by atoms with Gasteiger partial charge in [-0.2, -0.15) is 0 Å².